The number of anilines is 1. The van der Waals surface area contributed by atoms with Gasteiger partial charge in [-0.2, -0.15) is 0 Å². The molecule has 7 nitrogen and oxygen atoms in total. The number of aromatic amines is 1. The van der Waals surface area contributed by atoms with E-state index in [-0.39, 0.29) is 17.7 Å². The highest BCUT2D eigenvalue weighted by atomic mass is 16.2. The fraction of sp³-hybridized carbons (Fsp3) is 0.300. The van der Waals surface area contributed by atoms with E-state index >= 15 is 0 Å². The predicted octanol–water partition coefficient (Wildman–Crippen LogP) is 2.82. The summed E-state index contributed by atoms with van der Waals surface area (Å²) in [5.41, 5.74) is 3.18. The Morgan fingerprint density at radius 1 is 1.19 bits per heavy atom. The number of carbonyl (C=O) groups is 2. The number of rotatable bonds is 3. The largest absolute Gasteiger partial charge is 0.343 e. The maximum atomic E-state index is 12.6. The summed E-state index contributed by atoms with van der Waals surface area (Å²) in [4.78, 5) is 37.9. The van der Waals surface area contributed by atoms with Crippen LogP contribution in [0, 0.1) is 5.92 Å². The highest BCUT2D eigenvalue weighted by molar-refractivity contribution is 5.95. The highest BCUT2D eigenvalue weighted by Crippen LogP contribution is 2.23. The van der Waals surface area contributed by atoms with Gasteiger partial charge in [0.2, 0.25) is 11.8 Å². The number of likely N-dealkylation sites (tertiary alicyclic amines) is 1. The Kier molecular flexibility index (Phi) is 4.58. The van der Waals surface area contributed by atoms with Crippen LogP contribution in [0.25, 0.3) is 22.6 Å². The number of carbonyl (C=O) groups excluding carboxylic acids is 2. The topological polar surface area (TPSA) is 91.0 Å². The minimum absolute atomic E-state index is 0.00187. The third-order valence-corrected chi connectivity index (χ3v) is 4.97. The standard InChI is InChI=1S/C20H21N5O2/c1-13(26)25-10-7-14(8-11-25)20(27)22-15-5-6-16-18(12-15)24-19(23-16)17-4-2-3-9-21-17/h2-6,9,12,14H,7-8,10-11H2,1H3,(H,22,27)(H,23,24). The first-order chi connectivity index (χ1) is 13.1. The third-order valence-electron chi connectivity index (χ3n) is 4.97. The summed E-state index contributed by atoms with van der Waals surface area (Å²) < 4.78 is 0. The maximum Gasteiger partial charge on any atom is 0.227 e. The molecule has 2 aromatic heterocycles. The van der Waals surface area contributed by atoms with Gasteiger partial charge in [-0.15, -0.1) is 0 Å². The van der Waals surface area contributed by atoms with Crippen LogP contribution in [0.4, 0.5) is 5.69 Å². The molecule has 1 aromatic carbocycles. The highest BCUT2D eigenvalue weighted by Gasteiger charge is 2.26. The van der Waals surface area contributed by atoms with E-state index in [1.165, 1.54) is 0 Å². The third kappa shape index (κ3) is 3.67. The number of nitrogens with one attached hydrogen (secondary N) is 2. The molecule has 0 spiro atoms. The van der Waals surface area contributed by atoms with E-state index < -0.39 is 0 Å². The molecule has 1 aliphatic heterocycles. The molecule has 3 heterocycles. The summed E-state index contributed by atoms with van der Waals surface area (Å²) in [6.45, 7) is 2.85. The Hall–Kier alpha value is -3.22. The Morgan fingerprint density at radius 3 is 2.70 bits per heavy atom. The van der Waals surface area contributed by atoms with Gasteiger partial charge in [-0.25, -0.2) is 4.98 Å². The predicted molar refractivity (Wildman–Crippen MR) is 103 cm³/mol. The van der Waals surface area contributed by atoms with E-state index in [2.05, 4.69) is 20.3 Å². The molecule has 0 unspecified atom stereocenters. The van der Waals surface area contributed by atoms with Crippen LogP contribution in [0.5, 0.6) is 0 Å². The first-order valence-corrected chi connectivity index (χ1v) is 9.08. The molecule has 1 aliphatic rings. The summed E-state index contributed by atoms with van der Waals surface area (Å²) in [6.07, 6.45) is 3.12. The van der Waals surface area contributed by atoms with Crippen LogP contribution in [0.3, 0.4) is 0 Å². The van der Waals surface area contributed by atoms with Gasteiger partial charge in [0.1, 0.15) is 5.69 Å². The van der Waals surface area contributed by atoms with E-state index in [4.69, 9.17) is 0 Å². The lowest BCUT2D eigenvalue weighted by Gasteiger charge is -2.30. The van der Waals surface area contributed by atoms with Crippen LogP contribution >= 0.6 is 0 Å². The molecule has 0 aliphatic carbocycles. The molecule has 4 rings (SSSR count). The number of benzene rings is 1. The zero-order valence-electron chi connectivity index (χ0n) is 15.1. The lowest BCUT2D eigenvalue weighted by Crippen LogP contribution is -2.40. The van der Waals surface area contributed by atoms with Gasteiger partial charge in [-0.05, 0) is 43.2 Å². The van der Waals surface area contributed by atoms with E-state index in [9.17, 15) is 9.59 Å². The molecule has 7 heteroatoms. The number of hydrogen-bond acceptors (Lipinski definition) is 4. The molecule has 1 fully saturated rings. The molecule has 2 N–H and O–H groups in total. The Balaban J connectivity index is 1.46. The number of nitrogens with zero attached hydrogens (tertiary/aromatic N) is 3. The summed E-state index contributed by atoms with van der Waals surface area (Å²) in [7, 11) is 0. The van der Waals surface area contributed by atoms with Crippen molar-refractivity contribution in [3.05, 3.63) is 42.6 Å². The summed E-state index contributed by atoms with van der Waals surface area (Å²) in [6, 6.07) is 11.3. The van der Waals surface area contributed by atoms with Crippen LogP contribution < -0.4 is 5.32 Å². The molecule has 1 saturated heterocycles. The first-order valence-electron chi connectivity index (χ1n) is 9.08. The average molecular weight is 363 g/mol. The molecule has 0 atom stereocenters. The van der Waals surface area contributed by atoms with Crippen molar-refractivity contribution in [2.75, 3.05) is 18.4 Å². The monoisotopic (exact) mass is 363 g/mol. The lowest BCUT2D eigenvalue weighted by atomic mass is 9.96. The van der Waals surface area contributed by atoms with Crippen LogP contribution in [0.2, 0.25) is 0 Å². The van der Waals surface area contributed by atoms with Crippen LogP contribution in [-0.4, -0.2) is 44.8 Å². The van der Waals surface area contributed by atoms with Crippen molar-refractivity contribution in [3.63, 3.8) is 0 Å². The number of hydrogen-bond donors (Lipinski definition) is 2. The molecule has 0 bridgehead atoms. The maximum absolute atomic E-state index is 12.6. The number of pyridine rings is 1. The van der Waals surface area contributed by atoms with Crippen LogP contribution in [0.15, 0.2) is 42.6 Å². The number of amides is 2. The number of fused-ring (bicyclic) bond motifs is 1. The molecule has 0 saturated carbocycles. The molecular formula is C20H21N5O2. The van der Waals surface area contributed by atoms with Gasteiger partial charge >= 0.3 is 0 Å². The summed E-state index contributed by atoms with van der Waals surface area (Å²) in [5, 5.41) is 2.99. The molecule has 0 radical (unpaired) electrons. The fourth-order valence-electron chi connectivity index (χ4n) is 3.41. The zero-order chi connectivity index (χ0) is 18.8. The summed E-state index contributed by atoms with van der Waals surface area (Å²) in [5.74, 6) is 0.706. The van der Waals surface area contributed by atoms with E-state index in [0.717, 1.165) is 22.4 Å². The number of aromatic nitrogens is 3. The second kappa shape index (κ2) is 7.19. The van der Waals surface area contributed by atoms with E-state index in [1.54, 1.807) is 18.0 Å². The SMILES string of the molecule is CC(=O)N1CCC(C(=O)Nc2ccc3nc(-c4ccccn4)[nH]c3c2)CC1. The molecule has 3 aromatic rings. The normalized spacial score (nSPS) is 15.1. The summed E-state index contributed by atoms with van der Waals surface area (Å²) >= 11 is 0. The molecule has 2 amide bonds. The van der Waals surface area contributed by atoms with Crippen molar-refractivity contribution in [2.24, 2.45) is 5.92 Å². The van der Waals surface area contributed by atoms with Crippen LogP contribution in [-0.2, 0) is 9.59 Å². The Bertz CT molecular complexity index is 974. The number of imidazole rings is 1. The minimum Gasteiger partial charge on any atom is -0.343 e. The quantitative estimate of drug-likeness (QED) is 0.749. The van der Waals surface area contributed by atoms with Gasteiger partial charge in [-0.1, -0.05) is 6.07 Å². The molecule has 138 valence electrons. The van der Waals surface area contributed by atoms with Crippen molar-refractivity contribution < 1.29 is 9.59 Å². The van der Waals surface area contributed by atoms with E-state index in [1.807, 2.05) is 36.4 Å². The van der Waals surface area contributed by atoms with Crippen molar-refractivity contribution in [3.8, 4) is 11.5 Å². The van der Waals surface area contributed by atoms with Gasteiger partial charge in [-0.3, -0.25) is 14.6 Å². The average Bonchev–Trinajstić information content (AvgIpc) is 3.12. The van der Waals surface area contributed by atoms with Crippen molar-refractivity contribution in [2.45, 2.75) is 19.8 Å². The number of H-pyrrole nitrogens is 1. The Morgan fingerprint density at radius 2 is 2.00 bits per heavy atom. The Labute approximate surface area is 156 Å². The zero-order valence-corrected chi connectivity index (χ0v) is 15.1. The number of piperidine rings is 1. The van der Waals surface area contributed by atoms with Crippen molar-refractivity contribution in [1.82, 2.24) is 19.9 Å². The second-order valence-electron chi connectivity index (χ2n) is 6.80. The fourth-order valence-corrected chi connectivity index (χ4v) is 3.41. The van der Waals surface area contributed by atoms with Gasteiger partial charge < -0.3 is 15.2 Å². The van der Waals surface area contributed by atoms with Crippen molar-refractivity contribution >= 4 is 28.5 Å². The first kappa shape index (κ1) is 17.2. The molecular weight excluding hydrogens is 342 g/mol. The van der Waals surface area contributed by atoms with Gasteiger partial charge in [0.05, 0.1) is 11.0 Å². The van der Waals surface area contributed by atoms with E-state index in [0.29, 0.717) is 31.8 Å². The lowest BCUT2D eigenvalue weighted by molar-refractivity contribution is -0.132. The second-order valence-corrected chi connectivity index (χ2v) is 6.80. The smallest absolute Gasteiger partial charge is 0.227 e. The van der Waals surface area contributed by atoms with Gasteiger partial charge in [0.25, 0.3) is 0 Å². The van der Waals surface area contributed by atoms with Crippen molar-refractivity contribution in [1.29, 1.82) is 0 Å². The van der Waals surface area contributed by atoms with Gasteiger partial charge in [0, 0.05) is 37.8 Å². The van der Waals surface area contributed by atoms with Crippen LogP contribution in [0.1, 0.15) is 19.8 Å². The molecule has 27 heavy (non-hydrogen) atoms. The minimum atomic E-state index is -0.0675. The van der Waals surface area contributed by atoms with Gasteiger partial charge in [0.15, 0.2) is 5.82 Å².